The summed E-state index contributed by atoms with van der Waals surface area (Å²) in [7, 11) is -3.99. The van der Waals surface area contributed by atoms with Crippen LogP contribution in [0, 0.1) is 6.92 Å². The average Bonchev–Trinajstić information content (AvgIpc) is 3.31. The molecular formula is C26H27N3O5S. The van der Waals surface area contributed by atoms with Gasteiger partial charge in [0.2, 0.25) is 6.79 Å². The number of sulfonamides is 1. The van der Waals surface area contributed by atoms with E-state index in [1.54, 1.807) is 42.5 Å². The van der Waals surface area contributed by atoms with Gasteiger partial charge in [-0.25, -0.2) is 13.8 Å². The van der Waals surface area contributed by atoms with Crippen molar-refractivity contribution in [1.82, 2.24) is 5.43 Å². The van der Waals surface area contributed by atoms with Gasteiger partial charge in [0.15, 0.2) is 11.5 Å². The number of nitrogens with one attached hydrogen (secondary N) is 1. The molecule has 1 N–H and O–H groups in total. The molecule has 3 aromatic carbocycles. The summed E-state index contributed by atoms with van der Waals surface area (Å²) in [4.78, 5) is 12.8. The van der Waals surface area contributed by atoms with Crippen LogP contribution in [0.4, 0.5) is 5.69 Å². The molecule has 9 heteroatoms. The number of carbonyl (C=O) groups is 1. The number of hydrazone groups is 1. The van der Waals surface area contributed by atoms with Crippen molar-refractivity contribution in [1.29, 1.82) is 0 Å². The van der Waals surface area contributed by atoms with E-state index in [9.17, 15) is 13.2 Å². The molecule has 0 aliphatic carbocycles. The first-order valence-electron chi connectivity index (χ1n) is 11.1. The highest BCUT2D eigenvalue weighted by Gasteiger charge is 2.27. The predicted molar refractivity (Wildman–Crippen MR) is 135 cm³/mol. The predicted octanol–water partition coefficient (Wildman–Crippen LogP) is 4.19. The van der Waals surface area contributed by atoms with E-state index in [0.717, 1.165) is 15.4 Å². The van der Waals surface area contributed by atoms with Crippen molar-refractivity contribution in [3.63, 3.8) is 0 Å². The number of hydrogen-bond donors (Lipinski definition) is 1. The van der Waals surface area contributed by atoms with Gasteiger partial charge in [-0.05, 0) is 66.4 Å². The summed E-state index contributed by atoms with van der Waals surface area (Å²) < 4.78 is 38.7. The highest BCUT2D eigenvalue weighted by Crippen LogP contribution is 2.32. The van der Waals surface area contributed by atoms with Gasteiger partial charge in [0.25, 0.3) is 15.9 Å². The van der Waals surface area contributed by atoms with Crippen LogP contribution in [0.2, 0.25) is 0 Å². The lowest BCUT2D eigenvalue weighted by molar-refractivity contribution is -0.119. The van der Waals surface area contributed by atoms with Gasteiger partial charge in [0.1, 0.15) is 6.54 Å². The Morgan fingerprint density at radius 3 is 2.40 bits per heavy atom. The third-order valence-electron chi connectivity index (χ3n) is 5.54. The monoisotopic (exact) mass is 493 g/mol. The molecule has 0 unspecified atom stereocenters. The highest BCUT2D eigenvalue weighted by atomic mass is 32.2. The molecule has 8 nitrogen and oxygen atoms in total. The van der Waals surface area contributed by atoms with Gasteiger partial charge in [-0.1, -0.05) is 43.7 Å². The summed E-state index contributed by atoms with van der Waals surface area (Å²) in [5.41, 5.74) is 5.51. The Labute approximate surface area is 205 Å². The van der Waals surface area contributed by atoms with E-state index in [1.165, 1.54) is 18.3 Å². The highest BCUT2D eigenvalue weighted by molar-refractivity contribution is 7.92. The quantitative estimate of drug-likeness (QED) is 0.375. The zero-order valence-electron chi connectivity index (χ0n) is 19.8. The van der Waals surface area contributed by atoms with E-state index in [4.69, 9.17) is 9.47 Å². The standard InChI is InChI=1S/C26H27N3O5S/c1-18(2)21-7-9-22(10-8-21)29(35(31,32)23-11-4-19(3)5-12-23)16-26(30)28-27-15-20-6-13-24-25(14-20)34-17-33-24/h4-15,18H,16-17H2,1-3H3,(H,28,30)/b27-15-. The zero-order valence-corrected chi connectivity index (χ0v) is 20.6. The molecule has 1 amide bonds. The van der Waals surface area contributed by atoms with E-state index >= 15 is 0 Å². The second-order valence-electron chi connectivity index (χ2n) is 8.48. The number of hydrogen-bond acceptors (Lipinski definition) is 6. The van der Waals surface area contributed by atoms with E-state index < -0.39 is 22.5 Å². The van der Waals surface area contributed by atoms with E-state index in [-0.39, 0.29) is 11.7 Å². The average molecular weight is 494 g/mol. The third-order valence-corrected chi connectivity index (χ3v) is 7.33. The van der Waals surface area contributed by atoms with Crippen LogP contribution >= 0.6 is 0 Å². The van der Waals surface area contributed by atoms with Gasteiger partial charge in [0.05, 0.1) is 16.8 Å². The molecule has 0 atom stereocenters. The first-order valence-corrected chi connectivity index (χ1v) is 12.6. The lowest BCUT2D eigenvalue weighted by Gasteiger charge is -2.24. The second-order valence-corrected chi connectivity index (χ2v) is 10.3. The smallest absolute Gasteiger partial charge is 0.264 e. The minimum absolute atomic E-state index is 0.104. The van der Waals surface area contributed by atoms with Crippen molar-refractivity contribution in [2.75, 3.05) is 17.6 Å². The number of amides is 1. The molecule has 1 aliphatic rings. The Balaban J connectivity index is 1.54. The summed E-state index contributed by atoms with van der Waals surface area (Å²) in [5.74, 6) is 0.956. The van der Waals surface area contributed by atoms with E-state index in [2.05, 4.69) is 24.4 Å². The minimum atomic E-state index is -3.99. The third kappa shape index (κ3) is 5.63. The Kier molecular flexibility index (Phi) is 7.07. The first-order chi connectivity index (χ1) is 16.7. The maximum absolute atomic E-state index is 13.5. The maximum atomic E-state index is 13.5. The topological polar surface area (TPSA) is 97.3 Å². The molecule has 0 saturated heterocycles. The van der Waals surface area contributed by atoms with Crippen LogP contribution in [0.5, 0.6) is 11.5 Å². The SMILES string of the molecule is Cc1ccc(S(=O)(=O)N(CC(=O)N/N=C\c2ccc3c(c2)OCO3)c2ccc(C(C)C)cc2)cc1. The van der Waals surface area contributed by atoms with E-state index in [1.807, 2.05) is 19.1 Å². The largest absolute Gasteiger partial charge is 0.454 e. The molecule has 0 saturated carbocycles. The minimum Gasteiger partial charge on any atom is -0.454 e. The number of fused-ring (bicyclic) bond motifs is 1. The summed E-state index contributed by atoms with van der Waals surface area (Å²) in [5, 5.41) is 3.98. The van der Waals surface area contributed by atoms with E-state index in [0.29, 0.717) is 28.7 Å². The van der Waals surface area contributed by atoms with Crippen LogP contribution in [0.3, 0.4) is 0 Å². The Morgan fingerprint density at radius 1 is 1.03 bits per heavy atom. The molecule has 0 bridgehead atoms. The molecule has 0 aromatic heterocycles. The fourth-order valence-corrected chi connectivity index (χ4v) is 4.94. The number of ether oxygens (including phenoxy) is 2. The van der Waals surface area contributed by atoms with Crippen LogP contribution in [0.25, 0.3) is 0 Å². The molecule has 1 aliphatic heterocycles. The van der Waals surface area contributed by atoms with Crippen LogP contribution in [0.1, 0.15) is 36.5 Å². The molecule has 0 spiro atoms. The molecule has 3 aromatic rings. The van der Waals surface area contributed by atoms with Gasteiger partial charge in [0, 0.05) is 0 Å². The van der Waals surface area contributed by atoms with Crippen molar-refractivity contribution in [3.05, 3.63) is 83.4 Å². The second kappa shape index (κ2) is 10.2. The number of nitrogens with zero attached hydrogens (tertiary/aromatic N) is 2. The zero-order chi connectivity index (χ0) is 25.0. The van der Waals surface area contributed by atoms with Crippen LogP contribution in [-0.4, -0.2) is 33.9 Å². The molecular weight excluding hydrogens is 466 g/mol. The number of anilines is 1. The lowest BCUT2D eigenvalue weighted by atomic mass is 10.0. The summed E-state index contributed by atoms with van der Waals surface area (Å²) in [6.45, 7) is 5.72. The normalized spacial score (nSPS) is 12.8. The van der Waals surface area contributed by atoms with Crippen LogP contribution in [0.15, 0.2) is 76.7 Å². The Hall–Kier alpha value is -3.85. The lowest BCUT2D eigenvalue weighted by Crippen LogP contribution is -2.39. The van der Waals surface area contributed by atoms with Crippen molar-refractivity contribution in [2.45, 2.75) is 31.6 Å². The van der Waals surface area contributed by atoms with Gasteiger partial charge in [-0.3, -0.25) is 9.10 Å². The van der Waals surface area contributed by atoms with Crippen molar-refractivity contribution < 1.29 is 22.7 Å². The molecule has 35 heavy (non-hydrogen) atoms. The Bertz CT molecular complexity index is 1330. The molecule has 1 heterocycles. The fraction of sp³-hybridized carbons (Fsp3) is 0.231. The van der Waals surface area contributed by atoms with Gasteiger partial charge in [-0.15, -0.1) is 0 Å². The van der Waals surface area contributed by atoms with Crippen molar-refractivity contribution in [2.24, 2.45) is 5.10 Å². The summed E-state index contributed by atoms with van der Waals surface area (Å²) in [6, 6.07) is 18.9. The maximum Gasteiger partial charge on any atom is 0.264 e. The van der Waals surface area contributed by atoms with Gasteiger partial charge >= 0.3 is 0 Å². The first kappa shape index (κ1) is 24.3. The number of benzene rings is 3. The number of aryl methyl sites for hydroxylation is 1. The van der Waals surface area contributed by atoms with Gasteiger partial charge in [-0.2, -0.15) is 5.10 Å². The number of carbonyl (C=O) groups excluding carboxylic acids is 1. The summed E-state index contributed by atoms with van der Waals surface area (Å²) in [6.07, 6.45) is 1.45. The van der Waals surface area contributed by atoms with Crippen LogP contribution in [-0.2, 0) is 14.8 Å². The fourth-order valence-electron chi connectivity index (χ4n) is 3.52. The van der Waals surface area contributed by atoms with Gasteiger partial charge < -0.3 is 9.47 Å². The van der Waals surface area contributed by atoms with Crippen molar-refractivity contribution >= 4 is 27.8 Å². The van der Waals surface area contributed by atoms with Crippen molar-refractivity contribution in [3.8, 4) is 11.5 Å². The molecule has 0 radical (unpaired) electrons. The Morgan fingerprint density at radius 2 is 1.71 bits per heavy atom. The van der Waals surface area contributed by atoms with Crippen LogP contribution < -0.4 is 19.2 Å². The molecule has 4 rings (SSSR count). The molecule has 182 valence electrons. The number of rotatable bonds is 8. The summed E-state index contributed by atoms with van der Waals surface area (Å²) >= 11 is 0. The molecule has 0 fully saturated rings.